The number of alkyl halides is 3. The lowest BCUT2D eigenvalue weighted by Crippen LogP contribution is -2.33. The standard InChI is InChI=1S/C21H25F3N6/c1-3-4-19-25-11-15(12-26-19)13-29-7-5-16(6-8-29)17-10-18(21(22,23)24)30-20(27-17)9-14(2)28-30/h9-12,16H,3-8,13H2,1-2H3. The molecule has 1 aliphatic heterocycles. The third kappa shape index (κ3) is 4.45. The molecule has 1 saturated heterocycles. The molecular formula is C21H25F3N6. The minimum Gasteiger partial charge on any atom is -0.299 e. The minimum absolute atomic E-state index is 0.00531. The zero-order chi connectivity index (χ0) is 21.3. The average Bonchev–Trinajstić information content (AvgIpc) is 3.08. The van der Waals surface area contributed by atoms with Gasteiger partial charge in [-0.05, 0) is 45.3 Å². The molecule has 30 heavy (non-hydrogen) atoms. The molecule has 0 radical (unpaired) electrons. The van der Waals surface area contributed by atoms with Crippen LogP contribution in [0.4, 0.5) is 13.2 Å². The summed E-state index contributed by atoms with van der Waals surface area (Å²) in [6, 6.07) is 2.76. The van der Waals surface area contributed by atoms with Crippen molar-refractivity contribution >= 4 is 5.65 Å². The molecule has 0 aliphatic carbocycles. The van der Waals surface area contributed by atoms with Crippen molar-refractivity contribution in [3.63, 3.8) is 0 Å². The third-order valence-corrected chi connectivity index (χ3v) is 5.50. The molecule has 0 bridgehead atoms. The summed E-state index contributed by atoms with van der Waals surface area (Å²) >= 11 is 0. The van der Waals surface area contributed by atoms with Gasteiger partial charge < -0.3 is 0 Å². The summed E-state index contributed by atoms with van der Waals surface area (Å²) in [5.74, 6) is 0.864. The Morgan fingerprint density at radius 3 is 2.43 bits per heavy atom. The van der Waals surface area contributed by atoms with E-state index in [0.717, 1.165) is 61.2 Å². The van der Waals surface area contributed by atoms with Crippen molar-refractivity contribution in [3.05, 3.63) is 53.0 Å². The summed E-state index contributed by atoms with van der Waals surface area (Å²) in [4.78, 5) is 15.6. The Balaban J connectivity index is 1.45. The zero-order valence-electron chi connectivity index (χ0n) is 17.2. The van der Waals surface area contributed by atoms with Crippen LogP contribution >= 0.6 is 0 Å². The molecule has 0 saturated carbocycles. The molecular weight excluding hydrogens is 393 g/mol. The van der Waals surface area contributed by atoms with E-state index in [-0.39, 0.29) is 11.6 Å². The van der Waals surface area contributed by atoms with E-state index in [1.54, 1.807) is 13.0 Å². The summed E-state index contributed by atoms with van der Waals surface area (Å²) in [6.45, 7) is 6.12. The number of hydrogen-bond acceptors (Lipinski definition) is 5. The van der Waals surface area contributed by atoms with Crippen molar-refractivity contribution in [1.29, 1.82) is 0 Å². The Labute approximate surface area is 173 Å². The predicted molar refractivity (Wildman–Crippen MR) is 106 cm³/mol. The van der Waals surface area contributed by atoms with Crippen LogP contribution in [0, 0.1) is 6.92 Å². The number of aromatic nitrogens is 5. The second-order valence-corrected chi connectivity index (χ2v) is 7.93. The van der Waals surface area contributed by atoms with Crippen LogP contribution in [0.15, 0.2) is 24.5 Å². The molecule has 0 amide bonds. The molecule has 0 N–H and O–H groups in total. The molecule has 0 aromatic carbocycles. The number of rotatable bonds is 5. The smallest absolute Gasteiger partial charge is 0.299 e. The van der Waals surface area contributed by atoms with Crippen molar-refractivity contribution in [1.82, 2.24) is 29.5 Å². The Bertz CT molecular complexity index is 1000. The SMILES string of the molecule is CCCc1ncc(CN2CCC(c3cc(C(F)(F)F)n4nc(C)cc4n3)CC2)cn1. The second-order valence-electron chi connectivity index (χ2n) is 7.93. The van der Waals surface area contributed by atoms with Gasteiger partial charge in [-0.1, -0.05) is 6.92 Å². The number of hydrogen-bond donors (Lipinski definition) is 0. The lowest BCUT2D eigenvalue weighted by Gasteiger charge is -2.31. The molecule has 9 heteroatoms. The van der Waals surface area contributed by atoms with E-state index in [0.29, 0.717) is 11.4 Å². The van der Waals surface area contributed by atoms with Crippen LogP contribution in [-0.4, -0.2) is 42.6 Å². The first-order valence-electron chi connectivity index (χ1n) is 10.3. The molecule has 6 nitrogen and oxygen atoms in total. The predicted octanol–water partition coefficient (Wildman–Crippen LogP) is 4.18. The highest BCUT2D eigenvalue weighted by molar-refractivity contribution is 5.42. The van der Waals surface area contributed by atoms with E-state index in [4.69, 9.17) is 0 Å². The molecule has 4 heterocycles. The van der Waals surface area contributed by atoms with Gasteiger partial charge in [0.05, 0.1) is 5.69 Å². The van der Waals surface area contributed by atoms with Crippen LogP contribution in [0.2, 0.25) is 0 Å². The Morgan fingerprint density at radius 2 is 1.80 bits per heavy atom. The Morgan fingerprint density at radius 1 is 1.10 bits per heavy atom. The van der Waals surface area contributed by atoms with Crippen LogP contribution < -0.4 is 0 Å². The zero-order valence-corrected chi connectivity index (χ0v) is 17.2. The normalized spacial score (nSPS) is 16.4. The maximum absolute atomic E-state index is 13.5. The second kappa shape index (κ2) is 8.29. The van der Waals surface area contributed by atoms with Crippen molar-refractivity contribution in [2.75, 3.05) is 13.1 Å². The highest BCUT2D eigenvalue weighted by Crippen LogP contribution is 2.34. The van der Waals surface area contributed by atoms with Crippen molar-refractivity contribution in [3.8, 4) is 0 Å². The molecule has 1 aliphatic rings. The fourth-order valence-corrected chi connectivity index (χ4v) is 3.98. The number of aryl methyl sites for hydroxylation is 2. The van der Waals surface area contributed by atoms with E-state index in [1.165, 1.54) is 6.07 Å². The van der Waals surface area contributed by atoms with Gasteiger partial charge in [-0.2, -0.15) is 18.3 Å². The number of piperidine rings is 1. The summed E-state index contributed by atoms with van der Waals surface area (Å²) < 4.78 is 41.5. The van der Waals surface area contributed by atoms with Crippen LogP contribution in [0.5, 0.6) is 0 Å². The summed E-state index contributed by atoms with van der Waals surface area (Å²) in [5.41, 5.74) is 1.57. The van der Waals surface area contributed by atoms with Crippen LogP contribution in [-0.2, 0) is 19.1 Å². The molecule has 160 valence electrons. The molecule has 3 aromatic heterocycles. The highest BCUT2D eigenvalue weighted by atomic mass is 19.4. The number of likely N-dealkylation sites (tertiary alicyclic amines) is 1. The quantitative estimate of drug-likeness (QED) is 0.622. The van der Waals surface area contributed by atoms with Crippen LogP contribution in [0.25, 0.3) is 5.65 Å². The van der Waals surface area contributed by atoms with Gasteiger partial charge >= 0.3 is 6.18 Å². The van der Waals surface area contributed by atoms with Crippen molar-refractivity contribution in [2.45, 2.75) is 58.2 Å². The van der Waals surface area contributed by atoms with Gasteiger partial charge in [0.15, 0.2) is 5.65 Å². The Kier molecular flexibility index (Phi) is 5.73. The number of nitrogens with zero attached hydrogens (tertiary/aromatic N) is 6. The van der Waals surface area contributed by atoms with Gasteiger partial charge in [-0.25, -0.2) is 19.5 Å². The van der Waals surface area contributed by atoms with E-state index >= 15 is 0 Å². The van der Waals surface area contributed by atoms with Crippen molar-refractivity contribution in [2.24, 2.45) is 0 Å². The summed E-state index contributed by atoms with van der Waals surface area (Å²) in [7, 11) is 0. The van der Waals surface area contributed by atoms with Crippen LogP contribution in [0.3, 0.4) is 0 Å². The number of halogens is 3. The van der Waals surface area contributed by atoms with Gasteiger partial charge in [0, 0.05) is 48.6 Å². The van der Waals surface area contributed by atoms with E-state index in [1.807, 2.05) is 12.4 Å². The maximum atomic E-state index is 13.5. The lowest BCUT2D eigenvalue weighted by atomic mass is 9.92. The largest absolute Gasteiger partial charge is 0.433 e. The van der Waals surface area contributed by atoms with Gasteiger partial charge in [0.25, 0.3) is 0 Å². The van der Waals surface area contributed by atoms with E-state index in [9.17, 15) is 13.2 Å². The fraction of sp³-hybridized carbons (Fsp3) is 0.524. The molecule has 0 spiro atoms. The molecule has 4 rings (SSSR count). The fourth-order valence-electron chi connectivity index (χ4n) is 3.98. The maximum Gasteiger partial charge on any atom is 0.433 e. The third-order valence-electron chi connectivity index (χ3n) is 5.50. The first kappa shape index (κ1) is 20.7. The van der Waals surface area contributed by atoms with Gasteiger partial charge in [0.2, 0.25) is 0 Å². The topological polar surface area (TPSA) is 59.2 Å². The van der Waals surface area contributed by atoms with E-state index in [2.05, 4.69) is 31.9 Å². The molecule has 3 aromatic rings. The number of fused-ring (bicyclic) bond motifs is 1. The Hall–Kier alpha value is -2.55. The summed E-state index contributed by atoms with van der Waals surface area (Å²) in [6.07, 6.45) is 2.69. The first-order chi connectivity index (χ1) is 14.3. The van der Waals surface area contributed by atoms with Crippen LogP contribution in [0.1, 0.15) is 60.6 Å². The summed E-state index contributed by atoms with van der Waals surface area (Å²) in [5, 5.41) is 3.96. The molecule has 0 atom stereocenters. The van der Waals surface area contributed by atoms with Gasteiger partial charge in [-0.3, -0.25) is 4.90 Å². The van der Waals surface area contributed by atoms with E-state index < -0.39 is 11.9 Å². The lowest BCUT2D eigenvalue weighted by molar-refractivity contribution is -0.142. The molecule has 1 fully saturated rings. The minimum atomic E-state index is -4.47. The molecule has 0 unspecified atom stereocenters. The van der Waals surface area contributed by atoms with Crippen molar-refractivity contribution < 1.29 is 13.2 Å². The average molecular weight is 418 g/mol. The van der Waals surface area contributed by atoms with Gasteiger partial charge in [-0.15, -0.1) is 0 Å². The monoisotopic (exact) mass is 418 g/mol. The first-order valence-corrected chi connectivity index (χ1v) is 10.3. The van der Waals surface area contributed by atoms with Gasteiger partial charge in [0.1, 0.15) is 11.5 Å². The highest BCUT2D eigenvalue weighted by Gasteiger charge is 2.36.